The van der Waals surface area contributed by atoms with Crippen molar-refractivity contribution in [3.63, 3.8) is 0 Å². The molecule has 2 rings (SSSR count). The SMILES string of the molecule is CNc1ncc(S(=O)(=O)Nc2ccc(Br)c(Cl)c2)cc1Cl. The van der Waals surface area contributed by atoms with E-state index in [1.807, 2.05) is 0 Å². The van der Waals surface area contributed by atoms with Crippen LogP contribution in [0.15, 0.2) is 39.8 Å². The van der Waals surface area contributed by atoms with E-state index in [1.165, 1.54) is 18.3 Å². The van der Waals surface area contributed by atoms with Gasteiger partial charge in [0.15, 0.2) is 0 Å². The standard InChI is InChI=1S/C12H10BrCl2N3O2S/c1-16-12-11(15)5-8(6-17-12)21(19,20)18-7-2-3-9(13)10(14)4-7/h2-6,18H,1H3,(H,16,17). The van der Waals surface area contributed by atoms with Gasteiger partial charge in [-0.1, -0.05) is 23.2 Å². The zero-order chi connectivity index (χ0) is 15.6. The van der Waals surface area contributed by atoms with Gasteiger partial charge in [0.1, 0.15) is 10.7 Å². The van der Waals surface area contributed by atoms with Crippen molar-refractivity contribution in [2.45, 2.75) is 4.90 Å². The van der Waals surface area contributed by atoms with E-state index in [4.69, 9.17) is 23.2 Å². The van der Waals surface area contributed by atoms with Crippen LogP contribution >= 0.6 is 39.1 Å². The predicted octanol–water partition coefficient (Wildman–Crippen LogP) is 3.99. The molecule has 2 aromatic rings. The highest BCUT2D eigenvalue weighted by Gasteiger charge is 2.17. The number of benzene rings is 1. The van der Waals surface area contributed by atoms with Crippen molar-refractivity contribution in [3.8, 4) is 0 Å². The lowest BCUT2D eigenvalue weighted by Gasteiger charge is -2.10. The highest BCUT2D eigenvalue weighted by Crippen LogP contribution is 2.28. The summed E-state index contributed by atoms with van der Waals surface area (Å²) < 4.78 is 27.6. The van der Waals surface area contributed by atoms with E-state index >= 15 is 0 Å². The van der Waals surface area contributed by atoms with Crippen LogP contribution < -0.4 is 10.0 Å². The first kappa shape index (κ1) is 16.4. The molecular weight excluding hydrogens is 401 g/mol. The number of hydrogen-bond acceptors (Lipinski definition) is 4. The maximum absolute atomic E-state index is 12.3. The Morgan fingerprint density at radius 2 is 1.90 bits per heavy atom. The quantitative estimate of drug-likeness (QED) is 0.799. The highest BCUT2D eigenvalue weighted by atomic mass is 79.9. The van der Waals surface area contributed by atoms with Gasteiger partial charge in [0.2, 0.25) is 0 Å². The average molecular weight is 411 g/mol. The van der Waals surface area contributed by atoms with Gasteiger partial charge in [-0.25, -0.2) is 13.4 Å². The van der Waals surface area contributed by atoms with E-state index in [1.54, 1.807) is 19.2 Å². The number of aromatic nitrogens is 1. The minimum Gasteiger partial charge on any atom is -0.372 e. The van der Waals surface area contributed by atoms with Crippen molar-refractivity contribution in [3.05, 3.63) is 45.0 Å². The summed E-state index contributed by atoms with van der Waals surface area (Å²) in [5, 5.41) is 3.37. The van der Waals surface area contributed by atoms with Crippen LogP contribution in [0, 0.1) is 0 Å². The van der Waals surface area contributed by atoms with Crippen LogP contribution in [-0.4, -0.2) is 20.4 Å². The Morgan fingerprint density at radius 3 is 2.48 bits per heavy atom. The smallest absolute Gasteiger partial charge is 0.263 e. The van der Waals surface area contributed by atoms with Crippen LogP contribution in [0.4, 0.5) is 11.5 Å². The van der Waals surface area contributed by atoms with Gasteiger partial charge in [0.25, 0.3) is 10.0 Å². The molecule has 0 amide bonds. The number of nitrogens with zero attached hydrogens (tertiary/aromatic N) is 1. The molecule has 0 atom stereocenters. The number of sulfonamides is 1. The van der Waals surface area contributed by atoms with E-state index in [0.717, 1.165) is 0 Å². The molecule has 0 saturated heterocycles. The van der Waals surface area contributed by atoms with Crippen molar-refractivity contribution < 1.29 is 8.42 Å². The lowest BCUT2D eigenvalue weighted by Crippen LogP contribution is -2.13. The summed E-state index contributed by atoms with van der Waals surface area (Å²) in [6, 6.07) is 6.06. The fraction of sp³-hybridized carbons (Fsp3) is 0.0833. The maximum atomic E-state index is 12.3. The van der Waals surface area contributed by atoms with E-state index in [-0.39, 0.29) is 9.92 Å². The van der Waals surface area contributed by atoms with Crippen LogP contribution in [0.3, 0.4) is 0 Å². The third kappa shape index (κ3) is 3.79. The van der Waals surface area contributed by atoms with Crippen LogP contribution in [-0.2, 0) is 10.0 Å². The van der Waals surface area contributed by atoms with Gasteiger partial charge in [-0.15, -0.1) is 0 Å². The first-order chi connectivity index (χ1) is 9.83. The second-order valence-corrected chi connectivity index (χ2v) is 7.34. The highest BCUT2D eigenvalue weighted by molar-refractivity contribution is 9.10. The zero-order valence-electron chi connectivity index (χ0n) is 10.7. The fourth-order valence-corrected chi connectivity index (χ4v) is 3.30. The molecule has 0 saturated carbocycles. The Morgan fingerprint density at radius 1 is 1.19 bits per heavy atom. The maximum Gasteiger partial charge on any atom is 0.263 e. The minimum absolute atomic E-state index is 0.0365. The number of pyridine rings is 1. The lowest BCUT2D eigenvalue weighted by atomic mass is 10.3. The van der Waals surface area contributed by atoms with Gasteiger partial charge in [0, 0.05) is 17.7 Å². The van der Waals surface area contributed by atoms with Crippen LogP contribution in [0.25, 0.3) is 0 Å². The fourth-order valence-electron chi connectivity index (χ4n) is 1.52. The first-order valence-corrected chi connectivity index (χ1v) is 8.68. The molecule has 1 aromatic heterocycles. The zero-order valence-corrected chi connectivity index (χ0v) is 14.6. The predicted molar refractivity (Wildman–Crippen MR) is 88.8 cm³/mol. The molecule has 0 unspecified atom stereocenters. The number of hydrogen-bond donors (Lipinski definition) is 2. The summed E-state index contributed by atoms with van der Waals surface area (Å²) in [6.07, 6.45) is 1.22. The van der Waals surface area contributed by atoms with E-state index in [0.29, 0.717) is 21.0 Å². The molecule has 112 valence electrons. The van der Waals surface area contributed by atoms with Gasteiger partial charge in [0.05, 0.1) is 15.7 Å². The molecule has 0 bridgehead atoms. The molecule has 0 spiro atoms. The van der Waals surface area contributed by atoms with Crippen molar-refractivity contribution in [2.75, 3.05) is 17.1 Å². The monoisotopic (exact) mass is 409 g/mol. The molecule has 21 heavy (non-hydrogen) atoms. The molecule has 0 fully saturated rings. The molecule has 1 aromatic carbocycles. The average Bonchev–Trinajstić information content (AvgIpc) is 2.42. The molecule has 0 aliphatic carbocycles. The second-order valence-electron chi connectivity index (χ2n) is 3.99. The molecule has 9 heteroatoms. The van der Waals surface area contributed by atoms with Gasteiger partial charge in [-0.05, 0) is 40.2 Å². The molecule has 0 aliphatic heterocycles. The van der Waals surface area contributed by atoms with E-state index in [2.05, 4.69) is 31.0 Å². The van der Waals surface area contributed by atoms with Crippen molar-refractivity contribution in [1.29, 1.82) is 0 Å². The molecule has 5 nitrogen and oxygen atoms in total. The summed E-state index contributed by atoms with van der Waals surface area (Å²) in [7, 11) is -2.15. The first-order valence-electron chi connectivity index (χ1n) is 5.64. The Kier molecular flexibility index (Phi) is 4.98. The van der Waals surface area contributed by atoms with E-state index in [9.17, 15) is 8.42 Å². The Balaban J connectivity index is 2.33. The third-order valence-corrected chi connectivity index (χ3v) is 5.40. The van der Waals surface area contributed by atoms with Crippen molar-refractivity contribution >= 4 is 60.7 Å². The number of anilines is 2. The van der Waals surface area contributed by atoms with Crippen molar-refractivity contribution in [1.82, 2.24) is 4.98 Å². The normalized spacial score (nSPS) is 11.2. The Labute approximate surface area is 140 Å². The summed E-state index contributed by atoms with van der Waals surface area (Å²) >= 11 is 15.1. The van der Waals surface area contributed by atoms with E-state index < -0.39 is 10.0 Å². The number of halogens is 3. The van der Waals surface area contributed by atoms with Gasteiger partial charge < -0.3 is 5.32 Å². The summed E-state index contributed by atoms with van der Waals surface area (Å²) in [5.41, 5.74) is 0.344. The summed E-state index contributed by atoms with van der Waals surface area (Å²) in [5.74, 6) is 0.405. The van der Waals surface area contributed by atoms with Gasteiger partial charge in [-0.2, -0.15) is 0 Å². The van der Waals surface area contributed by atoms with Crippen molar-refractivity contribution in [2.24, 2.45) is 0 Å². The van der Waals surface area contributed by atoms with Crippen LogP contribution in [0.2, 0.25) is 10.0 Å². The second kappa shape index (κ2) is 6.39. The summed E-state index contributed by atoms with van der Waals surface area (Å²) in [6.45, 7) is 0. The topological polar surface area (TPSA) is 71.1 Å². The third-order valence-electron chi connectivity index (χ3n) is 2.54. The molecule has 2 N–H and O–H groups in total. The molecule has 0 radical (unpaired) electrons. The molecule has 0 aliphatic rings. The van der Waals surface area contributed by atoms with Gasteiger partial charge >= 0.3 is 0 Å². The number of rotatable bonds is 4. The molecule has 1 heterocycles. The summed E-state index contributed by atoms with van der Waals surface area (Å²) in [4.78, 5) is 3.90. The Bertz CT molecular complexity index is 784. The minimum atomic E-state index is -3.79. The van der Waals surface area contributed by atoms with Crippen LogP contribution in [0.1, 0.15) is 0 Å². The lowest BCUT2D eigenvalue weighted by molar-refractivity contribution is 0.601. The number of nitrogens with one attached hydrogen (secondary N) is 2. The molecular formula is C12H10BrCl2N3O2S. The van der Waals surface area contributed by atoms with Gasteiger partial charge in [-0.3, -0.25) is 4.72 Å². The largest absolute Gasteiger partial charge is 0.372 e. The Hall–Kier alpha value is -1.02. The van der Waals surface area contributed by atoms with Crippen LogP contribution in [0.5, 0.6) is 0 Å².